The van der Waals surface area contributed by atoms with Crippen molar-refractivity contribution in [3.8, 4) is 23.0 Å². The van der Waals surface area contributed by atoms with Crippen LogP contribution in [0.1, 0.15) is 73.9 Å². The van der Waals surface area contributed by atoms with Crippen LogP contribution in [0.5, 0.6) is 23.0 Å². The van der Waals surface area contributed by atoms with Crippen LogP contribution in [0.2, 0.25) is 38.3 Å². The maximum Gasteiger partial charge on any atom is 0.173 e. The van der Waals surface area contributed by atoms with Gasteiger partial charge in [0.05, 0.1) is 0 Å². The molecule has 47 heavy (non-hydrogen) atoms. The second-order valence-electron chi connectivity index (χ2n) is 15.4. The summed E-state index contributed by atoms with van der Waals surface area (Å²) in [6.45, 7) is 17.9. The summed E-state index contributed by atoms with van der Waals surface area (Å²) in [5.41, 5.74) is 5.91. The van der Waals surface area contributed by atoms with E-state index in [1.165, 1.54) is 0 Å². The van der Waals surface area contributed by atoms with E-state index in [0.717, 1.165) is 71.2 Å². The Morgan fingerprint density at radius 1 is 0.489 bits per heavy atom. The summed E-state index contributed by atoms with van der Waals surface area (Å²) in [4.78, 5) is 0. The van der Waals surface area contributed by atoms with Crippen LogP contribution in [-0.4, -0.2) is 37.1 Å². The maximum absolute atomic E-state index is 10.7. The Morgan fingerprint density at radius 2 is 0.809 bits per heavy atom. The molecule has 4 rings (SSSR count). The van der Waals surface area contributed by atoms with Crippen molar-refractivity contribution in [2.45, 2.75) is 102 Å². The lowest BCUT2D eigenvalue weighted by Gasteiger charge is -2.34. The van der Waals surface area contributed by atoms with E-state index in [-0.39, 0.29) is 22.3 Å². The molecule has 7 heteroatoms. The molecule has 0 radical (unpaired) electrons. The Hall–Kier alpha value is -3.53. The van der Waals surface area contributed by atoms with E-state index < -0.39 is 16.6 Å². The molecular formula is C40H54O5Si2. The molecule has 0 saturated carbocycles. The van der Waals surface area contributed by atoms with Crippen molar-refractivity contribution in [3.63, 3.8) is 0 Å². The molecule has 0 aliphatic heterocycles. The van der Waals surface area contributed by atoms with Crippen molar-refractivity contribution in [1.29, 1.82) is 0 Å². The molecule has 4 N–H and O–H groups in total. The molecule has 0 fully saturated rings. The fourth-order valence-electron chi connectivity index (χ4n) is 6.70. The highest BCUT2D eigenvalue weighted by Gasteiger charge is 2.33. The quantitative estimate of drug-likeness (QED) is 0.100. The Morgan fingerprint density at radius 3 is 1.15 bits per heavy atom. The number of phenolic OH excluding ortho intramolecular Hbond substituents is 4. The average molecular weight is 671 g/mol. The highest BCUT2D eigenvalue weighted by Crippen LogP contribution is 2.37. The normalized spacial score (nSPS) is 12.8. The van der Waals surface area contributed by atoms with E-state index in [1.54, 1.807) is 24.3 Å². The van der Waals surface area contributed by atoms with Gasteiger partial charge in [0, 0.05) is 10.8 Å². The van der Waals surface area contributed by atoms with E-state index in [1.807, 2.05) is 48.5 Å². The summed E-state index contributed by atoms with van der Waals surface area (Å²) in [5, 5.41) is 40.8. The van der Waals surface area contributed by atoms with Gasteiger partial charge in [0.25, 0.3) is 0 Å². The molecule has 252 valence electrons. The second kappa shape index (κ2) is 14.3. The zero-order valence-corrected chi connectivity index (χ0v) is 31.5. The lowest BCUT2D eigenvalue weighted by atomic mass is 9.77. The van der Waals surface area contributed by atoms with Crippen molar-refractivity contribution in [2.75, 3.05) is 0 Å². The van der Waals surface area contributed by atoms with Crippen LogP contribution < -0.4 is 0 Å². The van der Waals surface area contributed by atoms with Gasteiger partial charge in [0.15, 0.2) is 16.6 Å². The summed E-state index contributed by atoms with van der Waals surface area (Å²) >= 11 is 0. The van der Waals surface area contributed by atoms with Crippen molar-refractivity contribution in [1.82, 2.24) is 0 Å². The molecule has 0 spiro atoms. The molecule has 0 amide bonds. The van der Waals surface area contributed by atoms with E-state index in [4.69, 9.17) is 4.12 Å². The number of benzene rings is 4. The Balaban J connectivity index is 1.33. The Kier molecular flexibility index (Phi) is 11.0. The van der Waals surface area contributed by atoms with Gasteiger partial charge in [-0.1, -0.05) is 76.2 Å². The summed E-state index contributed by atoms with van der Waals surface area (Å²) in [6, 6.07) is 28.6. The molecule has 0 aliphatic carbocycles. The minimum absolute atomic E-state index is 0.257. The maximum atomic E-state index is 10.7. The largest absolute Gasteiger partial charge is 0.508 e. The SMILES string of the molecule is CC(C)(c1ccc(O)cc1)c1ccc(O)c(CCC[Si](C)(C)O[Si](C)(C)CCCc2cc(C(C)(C)c3ccc(O)cc3)ccc2O)c1. The summed E-state index contributed by atoms with van der Waals surface area (Å²) < 4.78 is 6.96. The van der Waals surface area contributed by atoms with E-state index in [0.29, 0.717) is 11.5 Å². The fraction of sp³-hybridized carbons (Fsp3) is 0.400. The highest BCUT2D eigenvalue weighted by molar-refractivity contribution is 6.84. The van der Waals surface area contributed by atoms with Crippen LogP contribution >= 0.6 is 0 Å². The Labute approximate surface area is 284 Å². The molecule has 0 saturated heterocycles. The van der Waals surface area contributed by atoms with Crippen LogP contribution in [0.4, 0.5) is 0 Å². The molecule has 0 atom stereocenters. The number of aryl methyl sites for hydroxylation is 2. The van der Waals surface area contributed by atoms with Crippen LogP contribution in [-0.2, 0) is 27.8 Å². The summed E-state index contributed by atoms with van der Waals surface area (Å²) in [7, 11) is -3.89. The van der Waals surface area contributed by atoms with Gasteiger partial charge < -0.3 is 24.5 Å². The number of aromatic hydroxyl groups is 4. The van der Waals surface area contributed by atoms with Gasteiger partial charge in [0.2, 0.25) is 0 Å². The zero-order chi connectivity index (χ0) is 34.6. The van der Waals surface area contributed by atoms with Crippen LogP contribution in [0, 0.1) is 0 Å². The van der Waals surface area contributed by atoms with Crippen molar-refractivity contribution in [3.05, 3.63) is 118 Å². The van der Waals surface area contributed by atoms with Crippen LogP contribution in [0.25, 0.3) is 0 Å². The molecule has 0 bridgehead atoms. The zero-order valence-electron chi connectivity index (χ0n) is 29.5. The molecule has 0 aromatic heterocycles. The predicted octanol–water partition coefficient (Wildman–Crippen LogP) is 10.2. The second-order valence-corrected chi connectivity index (χ2v) is 24.2. The van der Waals surface area contributed by atoms with Gasteiger partial charge >= 0.3 is 0 Å². The molecule has 0 heterocycles. The van der Waals surface area contributed by atoms with E-state index in [9.17, 15) is 20.4 Å². The first-order valence-electron chi connectivity index (χ1n) is 16.8. The third-order valence-corrected chi connectivity index (χ3v) is 17.3. The first kappa shape index (κ1) is 36.3. The van der Waals surface area contributed by atoms with Crippen LogP contribution in [0.15, 0.2) is 84.9 Å². The smallest absolute Gasteiger partial charge is 0.173 e. The number of phenols is 4. The molecule has 4 aromatic carbocycles. The lowest BCUT2D eigenvalue weighted by Crippen LogP contribution is -2.44. The van der Waals surface area contributed by atoms with Gasteiger partial charge in [-0.2, -0.15) is 0 Å². The topological polar surface area (TPSA) is 90.2 Å². The number of hydrogen-bond donors (Lipinski definition) is 4. The van der Waals surface area contributed by atoms with Gasteiger partial charge in [-0.3, -0.25) is 0 Å². The van der Waals surface area contributed by atoms with Gasteiger partial charge in [-0.25, -0.2) is 0 Å². The summed E-state index contributed by atoms with van der Waals surface area (Å²) in [6.07, 6.45) is 3.50. The monoisotopic (exact) mass is 670 g/mol. The molecular weight excluding hydrogens is 617 g/mol. The molecule has 4 aromatic rings. The third-order valence-electron chi connectivity index (χ3n) is 9.78. The minimum Gasteiger partial charge on any atom is -0.508 e. The van der Waals surface area contributed by atoms with Crippen molar-refractivity contribution in [2.24, 2.45) is 0 Å². The highest BCUT2D eigenvalue weighted by atomic mass is 28.4. The molecule has 5 nitrogen and oxygen atoms in total. The standard InChI is InChI=1S/C40H54O5Si2/c1-39(2,31-13-19-35(41)20-14-31)33-17-23-37(43)29(27-33)11-9-25-46(5,6)45-47(7,8)26-10-12-30-28-34(18-24-38(30)44)40(3,4)32-15-21-36(42)22-16-32/h13-24,27-28,41-44H,9-12,25-26H2,1-8H3. The van der Waals surface area contributed by atoms with Crippen LogP contribution in [0.3, 0.4) is 0 Å². The van der Waals surface area contributed by atoms with Gasteiger partial charge in [-0.15, -0.1) is 0 Å². The summed E-state index contributed by atoms with van der Waals surface area (Å²) in [5.74, 6) is 1.19. The molecule has 0 aliphatic rings. The number of rotatable bonds is 14. The number of hydrogen-bond acceptors (Lipinski definition) is 5. The lowest BCUT2D eigenvalue weighted by molar-refractivity contribution is 0.465. The van der Waals surface area contributed by atoms with E-state index >= 15 is 0 Å². The first-order valence-corrected chi connectivity index (χ1v) is 23.1. The minimum atomic E-state index is -1.94. The van der Waals surface area contributed by atoms with Crippen molar-refractivity contribution < 1.29 is 24.5 Å². The fourth-order valence-corrected chi connectivity index (χ4v) is 15.6. The first-order chi connectivity index (χ1) is 21.9. The average Bonchev–Trinajstić information content (AvgIpc) is 2.98. The van der Waals surface area contributed by atoms with Gasteiger partial charge in [-0.05, 0) is 134 Å². The van der Waals surface area contributed by atoms with Gasteiger partial charge in [0.1, 0.15) is 23.0 Å². The third kappa shape index (κ3) is 9.30. The van der Waals surface area contributed by atoms with Crippen molar-refractivity contribution >= 4 is 16.6 Å². The Bertz CT molecular complexity index is 1520. The van der Waals surface area contributed by atoms with E-state index in [2.05, 4.69) is 66.0 Å². The molecule has 0 unspecified atom stereocenters. The predicted molar refractivity (Wildman–Crippen MR) is 199 cm³/mol.